The van der Waals surface area contributed by atoms with Gasteiger partial charge in [0, 0.05) is 13.3 Å². The van der Waals surface area contributed by atoms with Gasteiger partial charge >= 0.3 is 5.97 Å². The summed E-state index contributed by atoms with van der Waals surface area (Å²) in [5.41, 5.74) is 0. The van der Waals surface area contributed by atoms with Gasteiger partial charge in [-0.2, -0.15) is 0 Å². The van der Waals surface area contributed by atoms with Crippen LogP contribution in [0.2, 0.25) is 0 Å². The van der Waals surface area contributed by atoms with Crippen molar-refractivity contribution in [1.82, 2.24) is 4.90 Å². The zero-order chi connectivity index (χ0) is 11.1. The first kappa shape index (κ1) is 12.1. The highest BCUT2D eigenvalue weighted by Gasteiger charge is 2.08. The maximum absolute atomic E-state index is 10.6. The van der Waals surface area contributed by atoms with Crippen molar-refractivity contribution in [3.63, 3.8) is 0 Å². The Bertz CT molecular complexity index is 259. The van der Waals surface area contributed by atoms with Gasteiger partial charge in [0.2, 0.25) is 0 Å². The molecule has 3 nitrogen and oxygen atoms in total. The van der Waals surface area contributed by atoms with Crippen LogP contribution in [0.5, 0.6) is 0 Å². The number of carbonyl (C=O) groups is 1. The molecule has 0 spiro atoms. The van der Waals surface area contributed by atoms with E-state index in [1.54, 1.807) is 0 Å². The molecule has 1 aliphatic rings. The second-order valence-electron chi connectivity index (χ2n) is 3.96. The fourth-order valence-electron chi connectivity index (χ4n) is 1.65. The van der Waals surface area contributed by atoms with Crippen LogP contribution in [0, 0.1) is 11.8 Å². The van der Waals surface area contributed by atoms with Crippen molar-refractivity contribution < 1.29 is 9.53 Å². The van der Waals surface area contributed by atoms with Crippen molar-refractivity contribution in [1.29, 1.82) is 0 Å². The molecule has 0 N–H and O–H groups in total. The van der Waals surface area contributed by atoms with Crippen LogP contribution >= 0.6 is 0 Å². The Labute approximate surface area is 91.8 Å². The molecule has 0 bridgehead atoms. The molecule has 1 rings (SSSR count). The zero-order valence-electron chi connectivity index (χ0n) is 9.58. The van der Waals surface area contributed by atoms with E-state index in [-0.39, 0.29) is 12.1 Å². The molecular formula is C12H19NO2. The minimum Gasteiger partial charge on any atom is -0.462 e. The van der Waals surface area contributed by atoms with E-state index in [1.807, 2.05) is 6.92 Å². The normalized spacial score (nSPS) is 18.0. The quantitative estimate of drug-likeness (QED) is 0.520. The molecule has 0 radical (unpaired) electrons. The zero-order valence-corrected chi connectivity index (χ0v) is 9.58. The third-order valence-electron chi connectivity index (χ3n) is 2.38. The molecule has 0 aromatic carbocycles. The number of rotatable bonds is 3. The highest BCUT2D eigenvalue weighted by molar-refractivity contribution is 5.66. The highest BCUT2D eigenvalue weighted by atomic mass is 16.5. The van der Waals surface area contributed by atoms with Gasteiger partial charge in [-0.1, -0.05) is 11.8 Å². The number of carbonyl (C=O) groups excluding carboxylic acids is 1. The molecule has 0 saturated carbocycles. The number of ether oxygens (including phenoxy) is 1. The topological polar surface area (TPSA) is 29.5 Å². The van der Waals surface area contributed by atoms with Crippen LogP contribution in [0.4, 0.5) is 0 Å². The summed E-state index contributed by atoms with van der Waals surface area (Å²) in [5, 5.41) is 0. The van der Waals surface area contributed by atoms with Crippen molar-refractivity contribution in [3.8, 4) is 11.8 Å². The second kappa shape index (κ2) is 6.47. The molecule has 1 heterocycles. The Hall–Kier alpha value is -1.01. The molecule has 0 aromatic heterocycles. The van der Waals surface area contributed by atoms with Gasteiger partial charge < -0.3 is 4.74 Å². The van der Waals surface area contributed by atoms with Gasteiger partial charge in [-0.15, -0.1) is 0 Å². The fraction of sp³-hybridized carbons (Fsp3) is 0.750. The van der Waals surface area contributed by atoms with Gasteiger partial charge in [0.15, 0.2) is 0 Å². The molecule has 1 aliphatic heterocycles. The maximum atomic E-state index is 10.6. The second-order valence-corrected chi connectivity index (χ2v) is 3.96. The monoisotopic (exact) mass is 209 g/mol. The summed E-state index contributed by atoms with van der Waals surface area (Å²) in [5.74, 6) is 5.93. The van der Waals surface area contributed by atoms with E-state index in [4.69, 9.17) is 4.74 Å². The smallest absolute Gasteiger partial charge is 0.302 e. The van der Waals surface area contributed by atoms with E-state index < -0.39 is 0 Å². The predicted octanol–water partition coefficient (Wildman–Crippen LogP) is 1.43. The van der Waals surface area contributed by atoms with E-state index in [0.29, 0.717) is 6.42 Å². The minimum atomic E-state index is -0.233. The average molecular weight is 209 g/mol. The molecule has 1 fully saturated rings. The largest absolute Gasteiger partial charge is 0.462 e. The number of hydrogen-bond acceptors (Lipinski definition) is 3. The van der Waals surface area contributed by atoms with Gasteiger partial charge in [-0.05, 0) is 32.9 Å². The van der Waals surface area contributed by atoms with E-state index >= 15 is 0 Å². The molecule has 1 unspecified atom stereocenters. The Morgan fingerprint density at radius 1 is 1.40 bits per heavy atom. The number of hydrogen-bond donors (Lipinski definition) is 0. The summed E-state index contributed by atoms with van der Waals surface area (Å²) >= 11 is 0. The lowest BCUT2D eigenvalue weighted by Crippen LogP contribution is -2.19. The first-order valence-electron chi connectivity index (χ1n) is 5.54. The van der Waals surface area contributed by atoms with Gasteiger partial charge in [0.25, 0.3) is 0 Å². The molecule has 1 atom stereocenters. The van der Waals surface area contributed by atoms with E-state index in [0.717, 1.165) is 6.54 Å². The van der Waals surface area contributed by atoms with Gasteiger partial charge in [0.05, 0.1) is 6.54 Å². The molecule has 15 heavy (non-hydrogen) atoms. The Balaban J connectivity index is 2.12. The summed E-state index contributed by atoms with van der Waals surface area (Å²) in [6.07, 6.45) is 3.14. The number of nitrogens with zero attached hydrogens (tertiary/aromatic N) is 1. The molecule has 0 aromatic rings. The Morgan fingerprint density at radius 3 is 2.67 bits per heavy atom. The molecular weight excluding hydrogens is 190 g/mol. The lowest BCUT2D eigenvalue weighted by atomic mass is 10.3. The van der Waals surface area contributed by atoms with E-state index in [9.17, 15) is 4.79 Å². The fourth-order valence-corrected chi connectivity index (χ4v) is 1.65. The SMILES string of the molecule is CC(=O)OC(C)CC#CCN1CCCC1. The first-order valence-corrected chi connectivity index (χ1v) is 5.54. The first-order chi connectivity index (χ1) is 7.18. The summed E-state index contributed by atoms with van der Waals surface area (Å²) in [6, 6.07) is 0. The van der Waals surface area contributed by atoms with Gasteiger partial charge in [-0.25, -0.2) is 0 Å². The van der Waals surface area contributed by atoms with E-state index in [1.165, 1.54) is 32.9 Å². The summed E-state index contributed by atoms with van der Waals surface area (Å²) in [4.78, 5) is 13.0. The molecule has 3 heteroatoms. The summed E-state index contributed by atoms with van der Waals surface area (Å²) in [6.45, 7) is 6.50. The molecule has 84 valence electrons. The predicted molar refractivity (Wildman–Crippen MR) is 59.3 cm³/mol. The minimum absolute atomic E-state index is 0.0893. The van der Waals surface area contributed by atoms with Crippen molar-refractivity contribution in [2.75, 3.05) is 19.6 Å². The van der Waals surface area contributed by atoms with Crippen LogP contribution in [-0.4, -0.2) is 36.6 Å². The van der Waals surface area contributed by atoms with Crippen molar-refractivity contribution in [2.24, 2.45) is 0 Å². The summed E-state index contributed by atoms with van der Waals surface area (Å²) in [7, 11) is 0. The average Bonchev–Trinajstić information content (AvgIpc) is 2.63. The third-order valence-corrected chi connectivity index (χ3v) is 2.38. The molecule has 0 amide bonds. The maximum Gasteiger partial charge on any atom is 0.302 e. The van der Waals surface area contributed by atoms with Crippen molar-refractivity contribution >= 4 is 5.97 Å². The van der Waals surface area contributed by atoms with Gasteiger partial charge in [0.1, 0.15) is 6.10 Å². The lowest BCUT2D eigenvalue weighted by Gasteiger charge is -2.09. The molecule has 0 aliphatic carbocycles. The van der Waals surface area contributed by atoms with Gasteiger partial charge in [-0.3, -0.25) is 9.69 Å². The lowest BCUT2D eigenvalue weighted by molar-refractivity contribution is -0.145. The number of esters is 1. The van der Waals surface area contributed by atoms with E-state index in [2.05, 4.69) is 16.7 Å². The van der Waals surface area contributed by atoms with Crippen molar-refractivity contribution in [2.45, 2.75) is 39.2 Å². The molecule has 1 saturated heterocycles. The van der Waals surface area contributed by atoms with Crippen LogP contribution in [0.3, 0.4) is 0 Å². The van der Waals surface area contributed by atoms with Crippen LogP contribution in [-0.2, 0) is 9.53 Å². The standard InChI is InChI=1S/C12H19NO2/c1-11(15-12(2)14)7-3-4-8-13-9-5-6-10-13/h11H,5-10H2,1-2H3. The van der Waals surface area contributed by atoms with Crippen LogP contribution in [0.1, 0.15) is 33.1 Å². The third kappa shape index (κ3) is 5.44. The Morgan fingerprint density at radius 2 is 2.07 bits per heavy atom. The number of likely N-dealkylation sites (tertiary alicyclic amines) is 1. The van der Waals surface area contributed by atoms with Crippen LogP contribution < -0.4 is 0 Å². The van der Waals surface area contributed by atoms with Crippen molar-refractivity contribution in [3.05, 3.63) is 0 Å². The van der Waals surface area contributed by atoms with Crippen LogP contribution in [0.15, 0.2) is 0 Å². The highest BCUT2D eigenvalue weighted by Crippen LogP contribution is 2.05. The Kier molecular flexibility index (Phi) is 5.20. The summed E-state index contributed by atoms with van der Waals surface area (Å²) < 4.78 is 4.97. The van der Waals surface area contributed by atoms with Crippen LogP contribution in [0.25, 0.3) is 0 Å².